The van der Waals surface area contributed by atoms with Gasteiger partial charge in [-0.1, -0.05) is 12.1 Å². The number of rotatable bonds is 3. The number of carbonyl (C=O) groups is 2. The number of carbonyl (C=O) groups excluding carboxylic acids is 2. The van der Waals surface area contributed by atoms with E-state index in [0.29, 0.717) is 29.6 Å². The van der Waals surface area contributed by atoms with E-state index in [1.165, 1.54) is 18.6 Å². The third kappa shape index (κ3) is 3.87. The van der Waals surface area contributed by atoms with Gasteiger partial charge in [0.25, 0.3) is 0 Å². The second-order valence-electron chi connectivity index (χ2n) is 9.47. The van der Waals surface area contributed by atoms with E-state index in [0.717, 1.165) is 28.5 Å². The fourth-order valence-corrected chi connectivity index (χ4v) is 5.08. The van der Waals surface area contributed by atoms with Crippen LogP contribution in [0.5, 0.6) is 5.75 Å². The number of aliphatic imine (C=N–C) groups is 1. The average molecular weight is 467 g/mol. The lowest BCUT2D eigenvalue weighted by atomic mass is 9.98. The van der Waals surface area contributed by atoms with E-state index in [1.54, 1.807) is 29.0 Å². The first kappa shape index (κ1) is 21.5. The van der Waals surface area contributed by atoms with Gasteiger partial charge in [0.2, 0.25) is 5.91 Å². The zero-order valence-electron chi connectivity index (χ0n) is 19.8. The molecule has 0 radical (unpaired) electrons. The van der Waals surface area contributed by atoms with Gasteiger partial charge in [0.05, 0.1) is 22.9 Å². The highest BCUT2D eigenvalue weighted by atomic mass is 16.6. The van der Waals surface area contributed by atoms with Gasteiger partial charge in [0.1, 0.15) is 5.75 Å². The van der Waals surface area contributed by atoms with Gasteiger partial charge in [-0.05, 0) is 73.2 Å². The topological polar surface area (TPSA) is 75.1 Å². The van der Waals surface area contributed by atoms with E-state index in [1.807, 2.05) is 55.6 Å². The summed E-state index contributed by atoms with van der Waals surface area (Å²) in [7, 11) is 0. The molecule has 2 aromatic carbocycles. The Kier molecular flexibility index (Phi) is 5.13. The number of pyridine rings is 1. The Labute approximate surface area is 203 Å². The molecule has 0 spiro atoms. The summed E-state index contributed by atoms with van der Waals surface area (Å²) in [5.41, 5.74) is 5.52. The van der Waals surface area contributed by atoms with Crippen molar-refractivity contribution in [2.45, 2.75) is 39.2 Å². The van der Waals surface area contributed by atoms with Gasteiger partial charge in [-0.15, -0.1) is 0 Å². The average Bonchev–Trinajstić information content (AvgIpc) is 3.59. The lowest BCUT2D eigenvalue weighted by Crippen LogP contribution is -2.52. The highest BCUT2D eigenvalue weighted by Crippen LogP contribution is 2.41. The predicted octanol–water partition coefficient (Wildman–Crippen LogP) is 5.59. The molecule has 7 nitrogen and oxygen atoms in total. The molecule has 0 unspecified atom stereocenters. The van der Waals surface area contributed by atoms with E-state index in [2.05, 4.69) is 9.98 Å². The van der Waals surface area contributed by atoms with Gasteiger partial charge >= 0.3 is 6.09 Å². The first-order valence-corrected chi connectivity index (χ1v) is 12.0. The quantitative estimate of drug-likeness (QED) is 0.504. The highest BCUT2D eigenvalue weighted by molar-refractivity contribution is 6.05. The van der Waals surface area contributed by atoms with Gasteiger partial charge in [-0.3, -0.25) is 19.7 Å². The summed E-state index contributed by atoms with van der Waals surface area (Å²) in [6.45, 7) is 3.83. The van der Waals surface area contributed by atoms with Crippen molar-refractivity contribution in [3.8, 4) is 5.75 Å². The Morgan fingerprint density at radius 3 is 2.71 bits per heavy atom. The SMILES string of the molecule is CC(=O)N1c2ccc(C3=CN=C(C4CC4)C3)cc2N(C(=O)Oc2cccc3ncccc23)C[C@@H]1C. The predicted molar refractivity (Wildman–Crippen MR) is 137 cm³/mol. The highest BCUT2D eigenvalue weighted by Gasteiger charge is 2.36. The molecule has 1 aliphatic carbocycles. The van der Waals surface area contributed by atoms with E-state index in [-0.39, 0.29) is 11.9 Å². The lowest BCUT2D eigenvalue weighted by Gasteiger charge is -2.40. The van der Waals surface area contributed by atoms with E-state index >= 15 is 0 Å². The molecule has 1 saturated carbocycles. The first-order chi connectivity index (χ1) is 17.0. The summed E-state index contributed by atoms with van der Waals surface area (Å²) >= 11 is 0. The molecule has 0 bridgehead atoms. The maximum Gasteiger partial charge on any atom is 0.419 e. The number of anilines is 2. The molecule has 176 valence electrons. The van der Waals surface area contributed by atoms with Crippen LogP contribution < -0.4 is 14.5 Å². The molecule has 7 heteroatoms. The third-order valence-corrected chi connectivity index (χ3v) is 6.95. The van der Waals surface area contributed by atoms with Gasteiger partial charge in [-0.2, -0.15) is 0 Å². The van der Waals surface area contributed by atoms with Crippen LogP contribution in [-0.4, -0.2) is 35.3 Å². The van der Waals surface area contributed by atoms with Crippen molar-refractivity contribution in [3.63, 3.8) is 0 Å². The summed E-state index contributed by atoms with van der Waals surface area (Å²) in [4.78, 5) is 38.4. The van der Waals surface area contributed by atoms with Crippen molar-refractivity contribution in [1.82, 2.24) is 4.98 Å². The molecule has 3 aromatic rings. The standard InChI is InChI=1S/C28H26N4O3/c1-17-16-31(28(34)35-27-7-3-6-23-22(27)5-4-12-29-23)26-14-20(10-11-25(26)32(17)18(2)33)21-13-24(30-15-21)19-8-9-19/h3-7,10-12,14-15,17,19H,8-9,13,16H2,1-2H3/t17-/m0/s1. The van der Waals surface area contributed by atoms with E-state index < -0.39 is 6.09 Å². The molecule has 35 heavy (non-hydrogen) atoms. The Morgan fingerprint density at radius 2 is 1.91 bits per heavy atom. The van der Waals surface area contributed by atoms with Gasteiger partial charge in [0.15, 0.2) is 0 Å². The first-order valence-electron chi connectivity index (χ1n) is 12.0. The van der Waals surface area contributed by atoms with Gasteiger partial charge in [-0.25, -0.2) is 4.79 Å². The number of allylic oxidation sites excluding steroid dienone is 1. The van der Waals surface area contributed by atoms with Crippen molar-refractivity contribution in [1.29, 1.82) is 0 Å². The Hall–Kier alpha value is -4.00. The molecule has 1 atom stereocenters. The van der Waals surface area contributed by atoms with Gasteiger partial charge < -0.3 is 9.64 Å². The minimum Gasteiger partial charge on any atom is -0.409 e. The zero-order chi connectivity index (χ0) is 24.1. The maximum atomic E-state index is 13.5. The smallest absolute Gasteiger partial charge is 0.409 e. The number of amides is 2. The number of hydrogen-bond donors (Lipinski definition) is 0. The van der Waals surface area contributed by atoms with Crippen LogP contribution in [-0.2, 0) is 4.79 Å². The van der Waals surface area contributed by atoms with Crippen molar-refractivity contribution < 1.29 is 14.3 Å². The zero-order valence-corrected chi connectivity index (χ0v) is 19.8. The summed E-state index contributed by atoms with van der Waals surface area (Å²) in [6.07, 6.45) is 6.45. The van der Waals surface area contributed by atoms with Crippen molar-refractivity contribution in [3.05, 3.63) is 66.5 Å². The van der Waals surface area contributed by atoms with Crippen molar-refractivity contribution >= 4 is 45.6 Å². The fourth-order valence-electron chi connectivity index (χ4n) is 5.08. The van der Waals surface area contributed by atoms with Crippen LogP contribution in [0.15, 0.2) is 65.9 Å². The molecule has 1 aromatic heterocycles. The molecule has 3 heterocycles. The summed E-state index contributed by atoms with van der Waals surface area (Å²) in [5, 5.41) is 0.772. The number of fused-ring (bicyclic) bond motifs is 2. The van der Waals surface area contributed by atoms with Crippen LogP contribution in [0.1, 0.15) is 38.7 Å². The minimum absolute atomic E-state index is 0.0564. The van der Waals surface area contributed by atoms with Crippen LogP contribution in [0, 0.1) is 5.92 Å². The monoisotopic (exact) mass is 466 g/mol. The molecule has 3 aliphatic rings. The van der Waals surface area contributed by atoms with E-state index in [4.69, 9.17) is 4.74 Å². The van der Waals surface area contributed by atoms with E-state index in [9.17, 15) is 9.59 Å². The Morgan fingerprint density at radius 1 is 1.06 bits per heavy atom. The third-order valence-electron chi connectivity index (χ3n) is 6.95. The number of benzene rings is 2. The number of aromatic nitrogens is 1. The van der Waals surface area contributed by atoms with Crippen LogP contribution >= 0.6 is 0 Å². The van der Waals surface area contributed by atoms with Crippen LogP contribution in [0.2, 0.25) is 0 Å². The molecule has 1 fully saturated rings. The second kappa shape index (κ2) is 8.34. The van der Waals surface area contributed by atoms with Crippen LogP contribution in [0.25, 0.3) is 16.5 Å². The molecule has 2 aliphatic heterocycles. The normalized spacial score (nSPS) is 19.3. The largest absolute Gasteiger partial charge is 0.419 e. The molecule has 0 saturated heterocycles. The van der Waals surface area contributed by atoms with Gasteiger partial charge in [0, 0.05) is 43.4 Å². The lowest BCUT2D eigenvalue weighted by molar-refractivity contribution is -0.117. The Balaban J connectivity index is 1.35. The number of nitrogens with zero attached hydrogens (tertiary/aromatic N) is 4. The fraction of sp³-hybridized carbons (Fsp3) is 0.286. The molecular formula is C28H26N4O3. The molecule has 6 rings (SSSR count). The minimum atomic E-state index is -0.481. The molecule has 0 N–H and O–H groups in total. The molecule has 2 amide bonds. The van der Waals surface area contributed by atoms with Crippen LogP contribution in [0.4, 0.5) is 16.2 Å². The van der Waals surface area contributed by atoms with Crippen LogP contribution in [0.3, 0.4) is 0 Å². The summed E-state index contributed by atoms with van der Waals surface area (Å²) in [6, 6.07) is 14.9. The van der Waals surface area contributed by atoms with Crippen molar-refractivity contribution in [2.75, 3.05) is 16.3 Å². The number of ether oxygens (including phenoxy) is 1. The Bertz CT molecular complexity index is 1420. The summed E-state index contributed by atoms with van der Waals surface area (Å²) < 4.78 is 5.90. The molecular weight excluding hydrogens is 440 g/mol. The number of hydrogen-bond acceptors (Lipinski definition) is 5. The maximum absolute atomic E-state index is 13.5. The second-order valence-corrected chi connectivity index (χ2v) is 9.47. The summed E-state index contributed by atoms with van der Waals surface area (Å²) in [5.74, 6) is 1.03. The van der Waals surface area contributed by atoms with Crippen molar-refractivity contribution in [2.24, 2.45) is 10.9 Å².